The molecular weight excluding hydrogens is 1180 g/mol. The number of hydrogen-bond acceptors (Lipinski definition) is 18. The van der Waals surface area contributed by atoms with Crippen molar-refractivity contribution in [3.05, 3.63) is 130 Å². The number of hydrogen-bond donors (Lipinski definition) is 3. The van der Waals surface area contributed by atoms with Crippen molar-refractivity contribution in [1.29, 1.82) is 0 Å². The number of aromatic nitrogens is 21. The largest absolute Gasteiger partial charge is 0.388 e. The molecule has 28 heteroatoms. The Hall–Kier alpha value is -9.61. The van der Waals surface area contributed by atoms with Crippen LogP contribution < -0.4 is 0 Å². The van der Waals surface area contributed by atoms with Crippen LogP contribution >= 0.6 is 0 Å². The molecule has 5 atom stereocenters. The second-order valence-electron chi connectivity index (χ2n) is 24.0. The van der Waals surface area contributed by atoms with Crippen LogP contribution in [0.1, 0.15) is 123 Å². The van der Waals surface area contributed by atoms with Gasteiger partial charge in [0, 0.05) is 83.7 Å². The van der Waals surface area contributed by atoms with Gasteiger partial charge in [-0.2, -0.15) is 45.9 Å². The van der Waals surface area contributed by atoms with Gasteiger partial charge in [-0.15, -0.1) is 0 Å². The van der Waals surface area contributed by atoms with E-state index in [1.165, 1.54) is 6.92 Å². The van der Waals surface area contributed by atoms with Crippen LogP contribution in [-0.2, 0) is 14.3 Å². The van der Waals surface area contributed by atoms with Crippen LogP contribution in [0.2, 0.25) is 0 Å². The maximum atomic E-state index is 11.9. The molecule has 3 saturated heterocycles. The number of nitrogens with zero attached hydrogens (tertiary/aromatic N) is 22. The topological polar surface area (TPSA) is 297 Å². The Balaban J connectivity index is 0.000000127. The van der Waals surface area contributed by atoms with Gasteiger partial charge in [-0.25, -0.2) is 28.5 Å². The van der Waals surface area contributed by atoms with E-state index in [-0.39, 0.29) is 24.0 Å². The number of ether oxygens (including phenoxy) is 2. The Morgan fingerprint density at radius 3 is 1.11 bits per heavy atom. The van der Waals surface area contributed by atoms with Crippen molar-refractivity contribution < 1.29 is 29.6 Å². The van der Waals surface area contributed by atoms with Crippen LogP contribution in [0.4, 0.5) is 0 Å². The molecule has 3 aliphatic rings. The Morgan fingerprint density at radius 1 is 0.452 bits per heavy atom. The molecule has 3 aliphatic heterocycles. The number of amides is 1. The molecule has 3 N–H and O–H groups in total. The average Bonchev–Trinajstić information content (AvgIpc) is 1.69. The quantitative estimate of drug-likeness (QED) is 0.0689. The van der Waals surface area contributed by atoms with Crippen LogP contribution in [0, 0.1) is 0 Å². The first-order valence-electron chi connectivity index (χ1n) is 32.1. The van der Waals surface area contributed by atoms with E-state index < -0.39 is 18.3 Å². The lowest BCUT2D eigenvalue weighted by Gasteiger charge is -2.39. The summed E-state index contributed by atoms with van der Waals surface area (Å²) in [6.07, 6.45) is 37.9. The summed E-state index contributed by atoms with van der Waals surface area (Å²) in [5, 5.41) is 70.1. The molecule has 15 rings (SSSR count). The normalized spacial score (nSPS) is 17.9. The summed E-state index contributed by atoms with van der Waals surface area (Å²) in [5.41, 5.74) is 13.0. The number of carbonyl (C=O) groups is 1. The van der Waals surface area contributed by atoms with E-state index >= 15 is 0 Å². The number of likely N-dealkylation sites (tertiary alicyclic amines) is 1. The minimum absolute atomic E-state index is 0.0904. The van der Waals surface area contributed by atoms with Gasteiger partial charge in [0.05, 0.1) is 176 Å². The molecule has 12 aromatic heterocycles. The van der Waals surface area contributed by atoms with Gasteiger partial charge in [0.25, 0.3) is 5.91 Å². The first-order chi connectivity index (χ1) is 45.3. The summed E-state index contributed by atoms with van der Waals surface area (Å²) in [5.74, 6) is -0.247. The van der Waals surface area contributed by atoms with Crippen LogP contribution in [0.15, 0.2) is 130 Å². The molecular formula is C65H78N22O6. The van der Waals surface area contributed by atoms with Crippen molar-refractivity contribution in [1.82, 2.24) is 107 Å². The molecule has 0 radical (unpaired) electrons. The zero-order valence-corrected chi connectivity index (χ0v) is 53.2. The molecule has 0 unspecified atom stereocenters. The maximum absolute atomic E-state index is 11.9. The predicted octanol–water partition coefficient (Wildman–Crippen LogP) is 8.08. The third-order valence-corrected chi connectivity index (χ3v) is 18.1. The van der Waals surface area contributed by atoms with E-state index in [0.717, 1.165) is 123 Å². The van der Waals surface area contributed by atoms with Crippen molar-refractivity contribution in [3.8, 4) is 67.5 Å². The Morgan fingerprint density at radius 2 is 0.785 bits per heavy atom. The SMILES string of the molecule is CCC(CC)n1cc(-c2nc(-c3cnn(C4CN(C(=O)[C@H](C)O)C4)c3)cn3nccc23)cn1.CCC(CC)n1cc(-c2nc(-c3cnn([C@@H]4COC[C@H]4O)c3)cn3nccc23)cn1.CCC(CC)n1cc(-c2nc(-c3cnn([C@H]4COC[C@@H]4O)c3)cn3nccc23)cn1. The highest BCUT2D eigenvalue weighted by Gasteiger charge is 2.35. The molecule has 1 amide bonds. The lowest BCUT2D eigenvalue weighted by atomic mass is 10.1. The highest BCUT2D eigenvalue weighted by atomic mass is 16.5. The third-order valence-electron chi connectivity index (χ3n) is 18.1. The number of aliphatic hydroxyl groups excluding tert-OH is 3. The predicted molar refractivity (Wildman–Crippen MR) is 344 cm³/mol. The van der Waals surface area contributed by atoms with Gasteiger partial charge in [0.1, 0.15) is 30.4 Å². The van der Waals surface area contributed by atoms with Crippen LogP contribution in [0.25, 0.3) is 84.1 Å². The molecule has 15 heterocycles. The Labute approximate surface area is 535 Å². The van der Waals surface area contributed by atoms with E-state index in [1.54, 1.807) is 51.4 Å². The van der Waals surface area contributed by atoms with Gasteiger partial charge in [0.2, 0.25) is 0 Å². The molecule has 3 fully saturated rings. The molecule has 0 bridgehead atoms. The number of aliphatic hydroxyl groups is 3. The average molecular weight is 1260 g/mol. The lowest BCUT2D eigenvalue weighted by molar-refractivity contribution is -0.145. The first kappa shape index (κ1) is 62.2. The van der Waals surface area contributed by atoms with Crippen molar-refractivity contribution >= 4 is 22.5 Å². The van der Waals surface area contributed by atoms with Crippen LogP contribution in [0.3, 0.4) is 0 Å². The molecule has 0 aliphatic carbocycles. The standard InChI is InChI=1S/C23H28N8O2.2C21H25N7O2/c1-4-18(5-2)29-11-17(9-26-29)22-21-6-7-24-31(21)14-20(27-22)16-8-25-30(10-16)19-12-28(13-19)23(33)15(3)32;2*1-3-16(4-2)26-10-15(8-23-26)21-18-5-6-22-28(18)11-17(25-21)14-7-24-27(9-14)19-12-30-13-20(19)29/h6-11,14-15,18-19,32H,4-5,12-13H2,1-3H3;2*5-11,16,19-20,29H,3-4,12-13H2,1-2H3/t15-;2*19-,20-/m010/s1. The van der Waals surface area contributed by atoms with Crippen molar-refractivity contribution in [2.75, 3.05) is 39.5 Å². The van der Waals surface area contributed by atoms with Gasteiger partial charge >= 0.3 is 0 Å². The summed E-state index contributed by atoms with van der Waals surface area (Å²) >= 11 is 0. The summed E-state index contributed by atoms with van der Waals surface area (Å²) in [6.45, 7) is 17.2. The second kappa shape index (κ2) is 26.9. The van der Waals surface area contributed by atoms with Crippen molar-refractivity contribution in [2.24, 2.45) is 0 Å². The summed E-state index contributed by atoms with van der Waals surface area (Å²) in [7, 11) is 0. The molecule has 484 valence electrons. The van der Waals surface area contributed by atoms with Gasteiger partial charge in [-0.3, -0.25) is 32.9 Å². The third kappa shape index (κ3) is 12.5. The zero-order chi connectivity index (χ0) is 64.4. The van der Waals surface area contributed by atoms with Gasteiger partial charge < -0.3 is 29.7 Å². The highest BCUT2D eigenvalue weighted by molar-refractivity contribution is 5.82. The zero-order valence-electron chi connectivity index (χ0n) is 53.2. The summed E-state index contributed by atoms with van der Waals surface area (Å²) in [4.78, 5) is 28.4. The lowest BCUT2D eigenvalue weighted by Crippen LogP contribution is -2.53. The molecule has 28 nitrogen and oxygen atoms in total. The second-order valence-corrected chi connectivity index (χ2v) is 24.0. The fraction of sp³-hybridized carbons (Fsp3) is 0.431. The fourth-order valence-electron chi connectivity index (χ4n) is 12.4. The van der Waals surface area contributed by atoms with Gasteiger partial charge in [0.15, 0.2) is 0 Å². The number of rotatable bonds is 19. The summed E-state index contributed by atoms with van der Waals surface area (Å²) in [6, 6.07) is 6.71. The van der Waals surface area contributed by atoms with E-state index in [9.17, 15) is 20.1 Å². The molecule has 0 spiro atoms. The molecule has 12 aromatic rings. The van der Waals surface area contributed by atoms with E-state index in [1.807, 2.05) is 106 Å². The van der Waals surface area contributed by atoms with Gasteiger partial charge in [-0.1, -0.05) is 41.5 Å². The number of fused-ring (bicyclic) bond motifs is 3. The van der Waals surface area contributed by atoms with Crippen LogP contribution in [0.5, 0.6) is 0 Å². The van der Waals surface area contributed by atoms with Crippen molar-refractivity contribution in [3.63, 3.8) is 0 Å². The smallest absolute Gasteiger partial charge is 0.251 e. The summed E-state index contributed by atoms with van der Waals surface area (Å²) < 4.78 is 27.6. The Bertz CT molecular complexity index is 4300. The molecule has 0 aromatic carbocycles. The minimum Gasteiger partial charge on any atom is -0.388 e. The van der Waals surface area contributed by atoms with Crippen LogP contribution in [-0.4, -0.2) is 186 Å². The van der Waals surface area contributed by atoms with E-state index in [4.69, 9.17) is 24.4 Å². The van der Waals surface area contributed by atoms with Gasteiger partial charge in [-0.05, 0) is 63.6 Å². The number of carbonyl (C=O) groups excluding carboxylic acids is 1. The van der Waals surface area contributed by atoms with E-state index in [2.05, 4.69) is 106 Å². The fourth-order valence-corrected chi connectivity index (χ4v) is 12.4. The van der Waals surface area contributed by atoms with Crippen molar-refractivity contribution in [2.45, 2.75) is 142 Å². The first-order valence-corrected chi connectivity index (χ1v) is 32.1. The molecule has 0 saturated carbocycles. The monoisotopic (exact) mass is 1260 g/mol. The molecule has 93 heavy (non-hydrogen) atoms. The Kier molecular flexibility index (Phi) is 18.0. The highest BCUT2D eigenvalue weighted by Crippen LogP contribution is 2.34. The minimum atomic E-state index is -0.975. The maximum Gasteiger partial charge on any atom is 0.251 e. The van der Waals surface area contributed by atoms with E-state index in [0.29, 0.717) is 57.6 Å².